The summed E-state index contributed by atoms with van der Waals surface area (Å²) >= 11 is 5.97. The van der Waals surface area contributed by atoms with Crippen molar-refractivity contribution in [3.63, 3.8) is 0 Å². The van der Waals surface area contributed by atoms with Crippen LogP contribution in [0.15, 0.2) is 12.3 Å². The first-order valence-corrected chi connectivity index (χ1v) is 5.94. The van der Waals surface area contributed by atoms with Crippen LogP contribution in [0.4, 0.5) is 0 Å². The third-order valence-electron chi connectivity index (χ3n) is 2.24. The summed E-state index contributed by atoms with van der Waals surface area (Å²) in [5.41, 5.74) is 1.18. The van der Waals surface area contributed by atoms with E-state index in [1.165, 1.54) is 6.20 Å². The Labute approximate surface area is 106 Å². The van der Waals surface area contributed by atoms with E-state index in [0.717, 1.165) is 5.69 Å². The van der Waals surface area contributed by atoms with Crippen molar-refractivity contribution in [2.24, 2.45) is 0 Å². The minimum absolute atomic E-state index is 0.0128. The Morgan fingerprint density at radius 1 is 1.65 bits per heavy atom. The van der Waals surface area contributed by atoms with Gasteiger partial charge in [-0.3, -0.25) is 9.78 Å². The van der Waals surface area contributed by atoms with Crippen LogP contribution in [0, 0.1) is 6.92 Å². The lowest BCUT2D eigenvalue weighted by Crippen LogP contribution is -2.32. The Morgan fingerprint density at radius 3 is 2.94 bits per heavy atom. The Balaban J connectivity index is 2.58. The molecule has 1 unspecified atom stereocenters. The largest absolute Gasteiger partial charge is 0.377 e. The molecule has 1 amide bonds. The molecule has 1 rings (SSSR count). The van der Waals surface area contributed by atoms with Crippen LogP contribution in [0.5, 0.6) is 0 Å². The smallest absolute Gasteiger partial charge is 0.254 e. The van der Waals surface area contributed by atoms with Crippen LogP contribution in [0.2, 0.25) is 5.02 Å². The highest BCUT2D eigenvalue weighted by Crippen LogP contribution is 2.15. The summed E-state index contributed by atoms with van der Waals surface area (Å²) in [6.45, 7) is 6.73. The number of amides is 1. The predicted octanol–water partition coefficient (Wildman–Crippen LogP) is 2.20. The number of carbonyl (C=O) groups excluding carboxylic acids is 1. The number of aromatic nitrogens is 1. The fraction of sp³-hybridized carbons (Fsp3) is 0.500. The van der Waals surface area contributed by atoms with Crippen molar-refractivity contribution >= 4 is 17.5 Å². The third kappa shape index (κ3) is 4.32. The third-order valence-corrected chi connectivity index (χ3v) is 2.55. The Hall–Kier alpha value is -1.13. The van der Waals surface area contributed by atoms with Crippen molar-refractivity contribution in [1.82, 2.24) is 10.3 Å². The molecule has 94 valence electrons. The summed E-state index contributed by atoms with van der Waals surface area (Å²) in [7, 11) is 0. The zero-order chi connectivity index (χ0) is 12.8. The molecule has 4 nitrogen and oxygen atoms in total. The molecule has 1 aromatic rings. The lowest BCUT2D eigenvalue weighted by molar-refractivity contribution is 0.0695. The molecule has 0 fully saturated rings. The number of rotatable bonds is 5. The first kappa shape index (κ1) is 13.9. The van der Waals surface area contributed by atoms with Crippen LogP contribution >= 0.6 is 11.6 Å². The molecule has 0 radical (unpaired) electrons. The maximum atomic E-state index is 11.8. The molecule has 0 aliphatic rings. The normalized spacial score (nSPS) is 12.2. The molecule has 0 aromatic carbocycles. The molecule has 0 saturated heterocycles. The Morgan fingerprint density at radius 2 is 2.35 bits per heavy atom. The van der Waals surface area contributed by atoms with Crippen molar-refractivity contribution in [3.8, 4) is 0 Å². The average molecular weight is 257 g/mol. The molecule has 1 N–H and O–H groups in total. The summed E-state index contributed by atoms with van der Waals surface area (Å²) in [6.07, 6.45) is 1.47. The number of hydrogen-bond acceptors (Lipinski definition) is 3. The molecule has 0 aliphatic carbocycles. The van der Waals surface area contributed by atoms with Gasteiger partial charge in [-0.25, -0.2) is 0 Å². The highest BCUT2D eigenvalue weighted by Gasteiger charge is 2.12. The van der Waals surface area contributed by atoms with E-state index in [1.807, 2.05) is 20.8 Å². The fourth-order valence-electron chi connectivity index (χ4n) is 1.37. The molecule has 0 saturated carbocycles. The standard InChI is InChI=1S/C12H17ClN2O2/c1-4-17-9(3)6-15-12(16)10-7-14-8(2)5-11(10)13/h5,7,9H,4,6H2,1-3H3,(H,15,16). The fourth-order valence-corrected chi connectivity index (χ4v) is 1.66. The Bertz CT molecular complexity index is 396. The summed E-state index contributed by atoms with van der Waals surface area (Å²) in [5.74, 6) is -0.228. The minimum Gasteiger partial charge on any atom is -0.377 e. The van der Waals surface area contributed by atoms with Gasteiger partial charge in [0, 0.05) is 25.0 Å². The lowest BCUT2D eigenvalue weighted by Gasteiger charge is -2.13. The second-order valence-electron chi connectivity index (χ2n) is 3.78. The SMILES string of the molecule is CCOC(C)CNC(=O)c1cnc(C)cc1Cl. The van der Waals surface area contributed by atoms with Crippen molar-refractivity contribution in [2.75, 3.05) is 13.2 Å². The van der Waals surface area contributed by atoms with Gasteiger partial charge in [-0.05, 0) is 26.8 Å². The van der Waals surface area contributed by atoms with E-state index in [4.69, 9.17) is 16.3 Å². The molecular weight excluding hydrogens is 240 g/mol. The van der Waals surface area contributed by atoms with Gasteiger partial charge in [0.25, 0.3) is 5.91 Å². The topological polar surface area (TPSA) is 51.2 Å². The number of aryl methyl sites for hydroxylation is 1. The van der Waals surface area contributed by atoms with E-state index in [-0.39, 0.29) is 12.0 Å². The van der Waals surface area contributed by atoms with Gasteiger partial charge >= 0.3 is 0 Å². The molecule has 17 heavy (non-hydrogen) atoms. The van der Waals surface area contributed by atoms with Crippen LogP contribution in [-0.2, 0) is 4.74 Å². The number of nitrogens with zero attached hydrogens (tertiary/aromatic N) is 1. The number of halogens is 1. The molecule has 1 atom stereocenters. The van der Waals surface area contributed by atoms with Crippen LogP contribution < -0.4 is 5.32 Å². The zero-order valence-electron chi connectivity index (χ0n) is 10.3. The van der Waals surface area contributed by atoms with Crippen molar-refractivity contribution in [3.05, 3.63) is 28.5 Å². The van der Waals surface area contributed by atoms with E-state index in [1.54, 1.807) is 6.07 Å². The first-order chi connectivity index (χ1) is 8.04. The molecule has 1 aromatic heterocycles. The number of carbonyl (C=O) groups is 1. The van der Waals surface area contributed by atoms with Gasteiger partial charge in [-0.1, -0.05) is 11.6 Å². The molecule has 5 heteroatoms. The first-order valence-electron chi connectivity index (χ1n) is 5.56. The second kappa shape index (κ2) is 6.57. The van der Waals surface area contributed by atoms with Crippen molar-refractivity contribution in [1.29, 1.82) is 0 Å². The number of pyridine rings is 1. The summed E-state index contributed by atoms with van der Waals surface area (Å²) in [5, 5.41) is 3.17. The summed E-state index contributed by atoms with van der Waals surface area (Å²) < 4.78 is 5.31. The number of hydrogen-bond donors (Lipinski definition) is 1. The number of ether oxygens (including phenoxy) is 1. The number of nitrogens with one attached hydrogen (secondary N) is 1. The average Bonchev–Trinajstić information content (AvgIpc) is 2.26. The molecule has 1 heterocycles. The maximum absolute atomic E-state index is 11.8. The van der Waals surface area contributed by atoms with Gasteiger partial charge in [0.15, 0.2) is 0 Å². The monoisotopic (exact) mass is 256 g/mol. The zero-order valence-corrected chi connectivity index (χ0v) is 11.0. The summed E-state index contributed by atoms with van der Waals surface area (Å²) in [4.78, 5) is 15.8. The van der Waals surface area contributed by atoms with Crippen LogP contribution in [0.3, 0.4) is 0 Å². The summed E-state index contributed by atoms with van der Waals surface area (Å²) in [6, 6.07) is 1.67. The minimum atomic E-state index is -0.228. The molecule has 0 spiro atoms. The van der Waals surface area contributed by atoms with E-state index in [9.17, 15) is 4.79 Å². The predicted molar refractivity (Wildman–Crippen MR) is 67.4 cm³/mol. The van der Waals surface area contributed by atoms with E-state index < -0.39 is 0 Å². The van der Waals surface area contributed by atoms with Gasteiger partial charge < -0.3 is 10.1 Å². The van der Waals surface area contributed by atoms with Gasteiger partial charge in [0.1, 0.15) is 0 Å². The quantitative estimate of drug-likeness (QED) is 0.879. The van der Waals surface area contributed by atoms with Gasteiger partial charge in [-0.15, -0.1) is 0 Å². The lowest BCUT2D eigenvalue weighted by atomic mass is 10.2. The van der Waals surface area contributed by atoms with E-state index in [0.29, 0.717) is 23.7 Å². The van der Waals surface area contributed by atoms with Crippen LogP contribution in [-0.4, -0.2) is 30.1 Å². The van der Waals surface area contributed by atoms with E-state index in [2.05, 4.69) is 10.3 Å². The van der Waals surface area contributed by atoms with Crippen molar-refractivity contribution < 1.29 is 9.53 Å². The van der Waals surface area contributed by atoms with Gasteiger partial charge in [0.05, 0.1) is 16.7 Å². The van der Waals surface area contributed by atoms with E-state index >= 15 is 0 Å². The second-order valence-corrected chi connectivity index (χ2v) is 4.19. The van der Waals surface area contributed by atoms with Crippen molar-refractivity contribution in [2.45, 2.75) is 26.9 Å². The van der Waals surface area contributed by atoms with Gasteiger partial charge in [-0.2, -0.15) is 0 Å². The van der Waals surface area contributed by atoms with Crippen LogP contribution in [0.25, 0.3) is 0 Å². The maximum Gasteiger partial charge on any atom is 0.254 e. The molecular formula is C12H17ClN2O2. The molecule has 0 aliphatic heterocycles. The van der Waals surface area contributed by atoms with Gasteiger partial charge in [0.2, 0.25) is 0 Å². The Kier molecular flexibility index (Phi) is 5.38. The molecule has 0 bridgehead atoms. The highest BCUT2D eigenvalue weighted by atomic mass is 35.5. The van der Waals surface area contributed by atoms with Crippen LogP contribution in [0.1, 0.15) is 29.9 Å². The highest BCUT2D eigenvalue weighted by molar-refractivity contribution is 6.33.